The number of rotatable bonds is 9. The molecule has 4 aromatic rings. The van der Waals surface area contributed by atoms with Gasteiger partial charge in [-0.3, -0.25) is 14.6 Å². The molecule has 0 aliphatic carbocycles. The molecule has 0 bridgehead atoms. The fourth-order valence-electron chi connectivity index (χ4n) is 3.93. The molecule has 0 aliphatic rings. The zero-order chi connectivity index (χ0) is 24.8. The third-order valence-electron chi connectivity index (χ3n) is 5.82. The molecule has 9 heteroatoms. The van der Waals surface area contributed by atoms with Crippen LogP contribution >= 0.6 is 0 Å². The zero-order valence-electron chi connectivity index (χ0n) is 20.1. The summed E-state index contributed by atoms with van der Waals surface area (Å²) in [6.45, 7) is 2.13. The van der Waals surface area contributed by atoms with Crippen LogP contribution in [0.15, 0.2) is 73.1 Å². The van der Waals surface area contributed by atoms with Crippen LogP contribution in [0, 0.1) is 0 Å². The van der Waals surface area contributed by atoms with Crippen molar-refractivity contribution in [2.75, 3.05) is 24.3 Å². The maximum absolute atomic E-state index is 13.6. The van der Waals surface area contributed by atoms with E-state index in [4.69, 9.17) is 0 Å². The van der Waals surface area contributed by atoms with Gasteiger partial charge >= 0.3 is 0 Å². The number of carbonyl (C=O) groups is 2. The van der Waals surface area contributed by atoms with Crippen molar-refractivity contribution in [1.29, 1.82) is 0 Å². The average Bonchev–Trinajstić information content (AvgIpc) is 3.27. The lowest BCUT2D eigenvalue weighted by molar-refractivity contribution is -0.140. The Morgan fingerprint density at radius 1 is 1.03 bits per heavy atom. The Morgan fingerprint density at radius 3 is 2.49 bits per heavy atom. The standard InChI is InChI=1S/C26H29N7O2/c1-4-23(26(35)28-20-11-13-21(14-12-20)31(2)3)32(17-19-8-7-15-27-16-19)25(34)18-33-24-10-6-5-9-22(24)29-30-33/h5-16,23H,4,17-18H2,1-3H3,(H,28,35). The molecule has 2 heterocycles. The molecule has 0 spiro atoms. The normalized spacial score (nSPS) is 11.7. The predicted molar refractivity (Wildman–Crippen MR) is 136 cm³/mol. The minimum Gasteiger partial charge on any atom is -0.378 e. The maximum Gasteiger partial charge on any atom is 0.247 e. The van der Waals surface area contributed by atoms with E-state index in [0.29, 0.717) is 17.6 Å². The molecule has 1 atom stereocenters. The van der Waals surface area contributed by atoms with Gasteiger partial charge in [0, 0.05) is 44.4 Å². The van der Waals surface area contributed by atoms with E-state index < -0.39 is 6.04 Å². The quantitative estimate of drug-likeness (QED) is 0.402. The fraction of sp³-hybridized carbons (Fsp3) is 0.269. The van der Waals surface area contributed by atoms with E-state index in [2.05, 4.69) is 20.6 Å². The highest BCUT2D eigenvalue weighted by atomic mass is 16.2. The third kappa shape index (κ3) is 5.63. The van der Waals surface area contributed by atoms with E-state index >= 15 is 0 Å². The lowest BCUT2D eigenvalue weighted by atomic mass is 10.1. The Labute approximate surface area is 204 Å². The first-order valence-corrected chi connectivity index (χ1v) is 11.5. The second-order valence-electron chi connectivity index (χ2n) is 8.47. The van der Waals surface area contributed by atoms with Crippen molar-refractivity contribution in [1.82, 2.24) is 24.9 Å². The van der Waals surface area contributed by atoms with Crippen LogP contribution in [-0.2, 0) is 22.7 Å². The van der Waals surface area contributed by atoms with E-state index in [9.17, 15) is 9.59 Å². The van der Waals surface area contributed by atoms with Crippen molar-refractivity contribution in [2.24, 2.45) is 0 Å². The summed E-state index contributed by atoms with van der Waals surface area (Å²) in [5.74, 6) is -0.472. The van der Waals surface area contributed by atoms with E-state index in [-0.39, 0.29) is 24.9 Å². The van der Waals surface area contributed by atoms with E-state index in [1.807, 2.05) is 86.6 Å². The molecule has 0 aliphatic heterocycles. The highest BCUT2D eigenvalue weighted by molar-refractivity contribution is 5.97. The number of pyridine rings is 1. The number of anilines is 2. The van der Waals surface area contributed by atoms with Gasteiger partial charge in [-0.1, -0.05) is 30.3 Å². The van der Waals surface area contributed by atoms with Crippen LogP contribution in [0.2, 0.25) is 0 Å². The van der Waals surface area contributed by atoms with Gasteiger partial charge < -0.3 is 15.1 Å². The Hall–Kier alpha value is -4.27. The Balaban J connectivity index is 1.58. The summed E-state index contributed by atoms with van der Waals surface area (Å²) in [6, 6.07) is 18.1. The highest BCUT2D eigenvalue weighted by Crippen LogP contribution is 2.19. The molecule has 0 fully saturated rings. The molecule has 1 unspecified atom stereocenters. The van der Waals surface area contributed by atoms with Crippen molar-refractivity contribution in [3.63, 3.8) is 0 Å². The maximum atomic E-state index is 13.6. The average molecular weight is 472 g/mol. The number of hydrogen-bond donors (Lipinski definition) is 1. The first-order valence-electron chi connectivity index (χ1n) is 11.5. The molecule has 4 rings (SSSR count). The number of benzene rings is 2. The summed E-state index contributed by atoms with van der Waals surface area (Å²) in [7, 11) is 3.92. The smallest absolute Gasteiger partial charge is 0.247 e. The Bertz CT molecular complexity index is 1290. The van der Waals surface area contributed by atoms with Gasteiger partial charge in [-0.2, -0.15) is 0 Å². The monoisotopic (exact) mass is 471 g/mol. The molecule has 2 aromatic heterocycles. The molecule has 35 heavy (non-hydrogen) atoms. The summed E-state index contributed by atoms with van der Waals surface area (Å²) in [5.41, 5.74) is 4.02. The van der Waals surface area contributed by atoms with Crippen LogP contribution in [0.1, 0.15) is 18.9 Å². The molecule has 1 N–H and O–H groups in total. The molecule has 0 saturated heterocycles. The molecule has 9 nitrogen and oxygen atoms in total. The summed E-state index contributed by atoms with van der Waals surface area (Å²) >= 11 is 0. The summed E-state index contributed by atoms with van der Waals surface area (Å²) in [6.07, 6.45) is 3.83. The number of aromatic nitrogens is 4. The van der Waals surface area contributed by atoms with Gasteiger partial charge in [0.1, 0.15) is 18.1 Å². The van der Waals surface area contributed by atoms with Gasteiger partial charge in [-0.15, -0.1) is 5.10 Å². The first-order chi connectivity index (χ1) is 17.0. The molecular weight excluding hydrogens is 442 g/mol. The molecule has 2 amide bonds. The molecule has 0 saturated carbocycles. The van der Waals surface area contributed by atoms with Crippen LogP contribution in [0.5, 0.6) is 0 Å². The number of para-hydroxylation sites is 1. The molecular formula is C26H29N7O2. The number of nitrogens with one attached hydrogen (secondary N) is 1. The van der Waals surface area contributed by atoms with Crippen LogP contribution in [-0.4, -0.2) is 56.8 Å². The van der Waals surface area contributed by atoms with Gasteiger partial charge in [0.2, 0.25) is 11.8 Å². The van der Waals surface area contributed by atoms with Crippen LogP contribution < -0.4 is 10.2 Å². The van der Waals surface area contributed by atoms with Crippen molar-refractivity contribution < 1.29 is 9.59 Å². The second-order valence-corrected chi connectivity index (χ2v) is 8.47. The molecule has 2 aromatic carbocycles. The van der Waals surface area contributed by atoms with E-state index in [1.165, 1.54) is 0 Å². The Kier molecular flexibility index (Phi) is 7.35. The van der Waals surface area contributed by atoms with Crippen molar-refractivity contribution in [2.45, 2.75) is 32.5 Å². The number of nitrogens with zero attached hydrogens (tertiary/aromatic N) is 6. The largest absolute Gasteiger partial charge is 0.378 e. The van der Waals surface area contributed by atoms with Crippen molar-refractivity contribution in [3.05, 3.63) is 78.6 Å². The second kappa shape index (κ2) is 10.8. The highest BCUT2D eigenvalue weighted by Gasteiger charge is 2.29. The van der Waals surface area contributed by atoms with Crippen LogP contribution in [0.3, 0.4) is 0 Å². The number of fused-ring (bicyclic) bond motifs is 1. The first kappa shape index (κ1) is 23.9. The van der Waals surface area contributed by atoms with Crippen LogP contribution in [0.4, 0.5) is 11.4 Å². The lowest BCUT2D eigenvalue weighted by Crippen LogP contribution is -2.47. The van der Waals surface area contributed by atoms with E-state index in [1.54, 1.807) is 22.0 Å². The summed E-state index contributed by atoms with van der Waals surface area (Å²) in [4.78, 5) is 34.7. The van der Waals surface area contributed by atoms with Crippen LogP contribution in [0.25, 0.3) is 11.0 Å². The van der Waals surface area contributed by atoms with E-state index in [0.717, 1.165) is 16.8 Å². The van der Waals surface area contributed by atoms with Crippen molar-refractivity contribution in [3.8, 4) is 0 Å². The number of amides is 2. The topological polar surface area (TPSA) is 96.2 Å². The Morgan fingerprint density at radius 2 is 1.80 bits per heavy atom. The van der Waals surface area contributed by atoms with Gasteiger partial charge in [-0.05, 0) is 54.4 Å². The fourth-order valence-corrected chi connectivity index (χ4v) is 3.93. The summed E-state index contributed by atoms with van der Waals surface area (Å²) < 4.78 is 1.57. The minimum atomic E-state index is -0.675. The van der Waals surface area contributed by atoms with Gasteiger partial charge in [0.05, 0.1) is 5.52 Å². The van der Waals surface area contributed by atoms with Gasteiger partial charge in [0.25, 0.3) is 0 Å². The summed E-state index contributed by atoms with van der Waals surface area (Å²) in [5, 5.41) is 11.3. The third-order valence-corrected chi connectivity index (χ3v) is 5.82. The number of hydrogen-bond acceptors (Lipinski definition) is 6. The molecule has 0 radical (unpaired) electrons. The SMILES string of the molecule is CCC(C(=O)Nc1ccc(N(C)C)cc1)N(Cc1cccnc1)C(=O)Cn1nnc2ccccc21. The lowest BCUT2D eigenvalue weighted by Gasteiger charge is -2.30. The predicted octanol–water partition coefficient (Wildman–Crippen LogP) is 3.34. The zero-order valence-corrected chi connectivity index (χ0v) is 20.1. The minimum absolute atomic E-state index is 0.0257. The van der Waals surface area contributed by atoms with Gasteiger partial charge in [-0.25, -0.2) is 4.68 Å². The molecule has 180 valence electrons. The van der Waals surface area contributed by atoms with Gasteiger partial charge in [0.15, 0.2) is 0 Å². The van der Waals surface area contributed by atoms with Crippen molar-refractivity contribution >= 4 is 34.2 Å². The number of carbonyl (C=O) groups excluding carboxylic acids is 2.